The SMILES string of the molecule is CCOc1ccc(-c2nc(C)c(C(=O)NC(C)c3ccccn3)s2)cc1. The molecule has 0 aliphatic heterocycles. The van der Waals surface area contributed by atoms with Crippen LogP contribution in [0.25, 0.3) is 10.6 Å². The van der Waals surface area contributed by atoms with Gasteiger partial charge in [-0.1, -0.05) is 6.07 Å². The summed E-state index contributed by atoms with van der Waals surface area (Å²) in [7, 11) is 0. The monoisotopic (exact) mass is 367 g/mol. The van der Waals surface area contributed by atoms with E-state index in [1.165, 1.54) is 11.3 Å². The molecule has 1 unspecified atom stereocenters. The third-order valence-corrected chi connectivity index (χ3v) is 5.10. The summed E-state index contributed by atoms with van der Waals surface area (Å²) in [5.74, 6) is 0.696. The Balaban J connectivity index is 1.76. The molecule has 0 saturated carbocycles. The fourth-order valence-electron chi connectivity index (χ4n) is 2.56. The molecule has 5 nitrogen and oxygen atoms in total. The van der Waals surface area contributed by atoms with E-state index < -0.39 is 0 Å². The van der Waals surface area contributed by atoms with E-state index in [-0.39, 0.29) is 11.9 Å². The quantitative estimate of drug-likeness (QED) is 0.701. The van der Waals surface area contributed by atoms with E-state index in [0.717, 1.165) is 27.7 Å². The van der Waals surface area contributed by atoms with Crippen LogP contribution in [0.5, 0.6) is 5.75 Å². The van der Waals surface area contributed by atoms with Crippen molar-refractivity contribution in [3.05, 3.63) is 64.9 Å². The number of nitrogens with zero attached hydrogens (tertiary/aromatic N) is 2. The number of benzene rings is 1. The lowest BCUT2D eigenvalue weighted by atomic mass is 10.2. The number of pyridine rings is 1. The first kappa shape index (κ1) is 18.1. The Kier molecular flexibility index (Phi) is 5.63. The van der Waals surface area contributed by atoms with Crippen LogP contribution in [0.1, 0.15) is 40.9 Å². The number of rotatable bonds is 6. The van der Waals surface area contributed by atoms with Gasteiger partial charge in [0.1, 0.15) is 15.6 Å². The van der Waals surface area contributed by atoms with E-state index in [9.17, 15) is 4.79 Å². The maximum absolute atomic E-state index is 12.6. The molecule has 134 valence electrons. The van der Waals surface area contributed by atoms with Gasteiger partial charge in [0.15, 0.2) is 0 Å². The first-order valence-electron chi connectivity index (χ1n) is 8.51. The molecule has 26 heavy (non-hydrogen) atoms. The highest BCUT2D eigenvalue weighted by atomic mass is 32.1. The van der Waals surface area contributed by atoms with Gasteiger partial charge in [-0.15, -0.1) is 11.3 Å². The number of nitrogens with one attached hydrogen (secondary N) is 1. The average Bonchev–Trinajstić information content (AvgIpc) is 3.05. The van der Waals surface area contributed by atoms with E-state index in [0.29, 0.717) is 11.5 Å². The Hall–Kier alpha value is -2.73. The van der Waals surface area contributed by atoms with Crippen molar-refractivity contribution in [2.45, 2.75) is 26.8 Å². The van der Waals surface area contributed by atoms with Crippen LogP contribution in [0, 0.1) is 6.92 Å². The lowest BCUT2D eigenvalue weighted by molar-refractivity contribution is 0.0942. The molecule has 2 heterocycles. The second-order valence-corrected chi connectivity index (χ2v) is 6.84. The number of aryl methyl sites for hydroxylation is 1. The van der Waals surface area contributed by atoms with Crippen molar-refractivity contribution in [2.24, 2.45) is 0 Å². The maximum atomic E-state index is 12.6. The number of carbonyl (C=O) groups excluding carboxylic acids is 1. The van der Waals surface area contributed by atoms with Crippen LogP contribution in [-0.4, -0.2) is 22.5 Å². The molecule has 1 amide bonds. The summed E-state index contributed by atoms with van der Waals surface area (Å²) in [6.07, 6.45) is 1.72. The van der Waals surface area contributed by atoms with Gasteiger partial charge in [-0.2, -0.15) is 0 Å². The third-order valence-electron chi connectivity index (χ3n) is 3.89. The van der Waals surface area contributed by atoms with Gasteiger partial charge < -0.3 is 10.1 Å². The first-order chi connectivity index (χ1) is 12.6. The molecule has 3 aromatic rings. The summed E-state index contributed by atoms with van der Waals surface area (Å²) in [5, 5.41) is 3.81. The summed E-state index contributed by atoms with van der Waals surface area (Å²) >= 11 is 1.39. The first-order valence-corrected chi connectivity index (χ1v) is 9.32. The molecule has 0 bridgehead atoms. The van der Waals surface area contributed by atoms with Crippen molar-refractivity contribution in [3.63, 3.8) is 0 Å². The molecule has 0 radical (unpaired) electrons. The molecule has 1 aromatic carbocycles. The maximum Gasteiger partial charge on any atom is 0.263 e. The zero-order chi connectivity index (χ0) is 18.5. The number of carbonyl (C=O) groups is 1. The van der Waals surface area contributed by atoms with E-state index in [1.54, 1.807) is 6.20 Å². The molecular weight excluding hydrogens is 346 g/mol. The summed E-state index contributed by atoms with van der Waals surface area (Å²) in [6, 6.07) is 13.2. The highest BCUT2D eigenvalue weighted by molar-refractivity contribution is 7.17. The van der Waals surface area contributed by atoms with Gasteiger partial charge in [0, 0.05) is 11.8 Å². The summed E-state index contributed by atoms with van der Waals surface area (Å²) in [6.45, 7) is 6.36. The zero-order valence-corrected chi connectivity index (χ0v) is 15.8. The van der Waals surface area contributed by atoms with E-state index in [1.807, 2.05) is 63.2 Å². The number of aromatic nitrogens is 2. The van der Waals surface area contributed by atoms with Crippen LogP contribution in [0.4, 0.5) is 0 Å². The van der Waals surface area contributed by atoms with Gasteiger partial charge in [0.25, 0.3) is 5.91 Å². The van der Waals surface area contributed by atoms with Gasteiger partial charge in [0.05, 0.1) is 24.0 Å². The fourth-order valence-corrected chi connectivity index (χ4v) is 3.53. The third kappa shape index (κ3) is 4.08. The Labute approximate surface area is 157 Å². The van der Waals surface area contributed by atoms with E-state index in [2.05, 4.69) is 15.3 Å². The smallest absolute Gasteiger partial charge is 0.263 e. The second kappa shape index (κ2) is 8.10. The number of hydrogen-bond acceptors (Lipinski definition) is 5. The normalized spacial score (nSPS) is 11.8. The van der Waals surface area contributed by atoms with Crippen molar-refractivity contribution in [2.75, 3.05) is 6.61 Å². The minimum absolute atomic E-state index is 0.129. The van der Waals surface area contributed by atoms with Crippen LogP contribution in [0.15, 0.2) is 48.7 Å². The van der Waals surface area contributed by atoms with Gasteiger partial charge in [-0.05, 0) is 57.2 Å². The molecular formula is C20H21N3O2S. The molecule has 0 aliphatic carbocycles. The van der Waals surface area contributed by atoms with Crippen LogP contribution >= 0.6 is 11.3 Å². The van der Waals surface area contributed by atoms with Crippen molar-refractivity contribution in [1.29, 1.82) is 0 Å². The lowest BCUT2D eigenvalue weighted by Gasteiger charge is -2.12. The van der Waals surface area contributed by atoms with Crippen LogP contribution in [-0.2, 0) is 0 Å². The second-order valence-electron chi connectivity index (χ2n) is 5.84. The lowest BCUT2D eigenvalue weighted by Crippen LogP contribution is -2.27. The molecule has 0 fully saturated rings. The molecule has 1 atom stereocenters. The highest BCUT2D eigenvalue weighted by Crippen LogP contribution is 2.29. The Morgan fingerprint density at radius 3 is 2.65 bits per heavy atom. The topological polar surface area (TPSA) is 64.1 Å². The predicted molar refractivity (Wildman–Crippen MR) is 104 cm³/mol. The standard InChI is InChI=1S/C20H21N3O2S/c1-4-25-16-10-8-15(9-11-16)20-23-14(3)18(26-20)19(24)22-13(2)17-7-5-6-12-21-17/h5-13H,4H2,1-3H3,(H,22,24). The van der Waals surface area contributed by atoms with Crippen molar-refractivity contribution < 1.29 is 9.53 Å². The van der Waals surface area contributed by atoms with Gasteiger partial charge in [0.2, 0.25) is 0 Å². The number of ether oxygens (including phenoxy) is 1. The van der Waals surface area contributed by atoms with Crippen molar-refractivity contribution >= 4 is 17.2 Å². The Morgan fingerprint density at radius 1 is 1.23 bits per heavy atom. The highest BCUT2D eigenvalue weighted by Gasteiger charge is 2.19. The molecule has 0 aliphatic rings. The average molecular weight is 367 g/mol. The van der Waals surface area contributed by atoms with Gasteiger partial charge >= 0.3 is 0 Å². The van der Waals surface area contributed by atoms with E-state index >= 15 is 0 Å². The molecule has 2 aromatic heterocycles. The molecule has 0 saturated heterocycles. The van der Waals surface area contributed by atoms with Crippen molar-refractivity contribution in [1.82, 2.24) is 15.3 Å². The summed E-state index contributed by atoms with van der Waals surface area (Å²) in [4.78, 5) is 22.1. The molecule has 0 spiro atoms. The van der Waals surface area contributed by atoms with Crippen LogP contribution in [0.2, 0.25) is 0 Å². The van der Waals surface area contributed by atoms with Gasteiger partial charge in [-0.25, -0.2) is 4.98 Å². The summed E-state index contributed by atoms with van der Waals surface area (Å²) < 4.78 is 5.46. The Morgan fingerprint density at radius 2 is 2.00 bits per heavy atom. The number of thiazole rings is 1. The van der Waals surface area contributed by atoms with Crippen LogP contribution < -0.4 is 10.1 Å². The Bertz CT molecular complexity index is 876. The largest absolute Gasteiger partial charge is 0.494 e. The minimum atomic E-state index is -0.167. The zero-order valence-electron chi connectivity index (χ0n) is 15.0. The van der Waals surface area contributed by atoms with Gasteiger partial charge in [-0.3, -0.25) is 9.78 Å². The predicted octanol–water partition coefficient (Wildman–Crippen LogP) is 4.40. The molecule has 1 N–H and O–H groups in total. The van der Waals surface area contributed by atoms with Crippen LogP contribution in [0.3, 0.4) is 0 Å². The minimum Gasteiger partial charge on any atom is -0.494 e. The van der Waals surface area contributed by atoms with E-state index in [4.69, 9.17) is 4.74 Å². The number of hydrogen-bond donors (Lipinski definition) is 1. The summed E-state index contributed by atoms with van der Waals surface area (Å²) in [5.41, 5.74) is 2.53. The molecule has 3 rings (SSSR count). The fraction of sp³-hybridized carbons (Fsp3) is 0.250. The molecule has 6 heteroatoms. The van der Waals surface area contributed by atoms with Crippen molar-refractivity contribution in [3.8, 4) is 16.3 Å². The number of amides is 1.